The van der Waals surface area contributed by atoms with Gasteiger partial charge in [0, 0.05) is 24.3 Å². The summed E-state index contributed by atoms with van der Waals surface area (Å²) >= 11 is 0. The number of fused-ring (bicyclic) bond motifs is 1. The molecular formula is C16H21N3. The van der Waals surface area contributed by atoms with Crippen LogP contribution < -0.4 is 5.32 Å². The Balaban J connectivity index is 2.20. The Bertz CT molecular complexity index is 625. The zero-order valence-corrected chi connectivity index (χ0v) is 12.1. The summed E-state index contributed by atoms with van der Waals surface area (Å²) in [6, 6.07) is 7.18. The molecule has 1 unspecified atom stereocenters. The predicted octanol–water partition coefficient (Wildman–Crippen LogP) is 2.91. The van der Waals surface area contributed by atoms with Crippen molar-refractivity contribution in [1.82, 2.24) is 15.1 Å². The largest absolute Gasteiger partial charge is 0.313 e. The molecule has 0 bridgehead atoms. The van der Waals surface area contributed by atoms with Crippen molar-refractivity contribution in [2.75, 3.05) is 7.05 Å². The molecule has 1 aliphatic rings. The minimum absolute atomic E-state index is 0.507. The third kappa shape index (κ3) is 1.80. The van der Waals surface area contributed by atoms with Gasteiger partial charge in [-0.2, -0.15) is 5.10 Å². The molecule has 0 saturated heterocycles. The van der Waals surface area contributed by atoms with Crippen molar-refractivity contribution in [3.63, 3.8) is 0 Å². The molecule has 0 saturated carbocycles. The fourth-order valence-corrected chi connectivity index (χ4v) is 3.35. The number of nitrogens with zero attached hydrogens (tertiary/aromatic N) is 2. The summed E-state index contributed by atoms with van der Waals surface area (Å²) in [4.78, 5) is 0. The summed E-state index contributed by atoms with van der Waals surface area (Å²) in [5, 5.41) is 7.97. The van der Waals surface area contributed by atoms with Gasteiger partial charge in [0.05, 0.1) is 5.69 Å². The molecule has 100 valence electrons. The molecule has 19 heavy (non-hydrogen) atoms. The Hall–Kier alpha value is -1.61. The lowest BCUT2D eigenvalue weighted by Gasteiger charge is -2.12. The number of rotatable bonds is 2. The molecular weight excluding hydrogens is 234 g/mol. The molecule has 3 rings (SSSR count). The van der Waals surface area contributed by atoms with Crippen LogP contribution in [0.15, 0.2) is 18.2 Å². The van der Waals surface area contributed by atoms with Gasteiger partial charge in [-0.05, 0) is 50.4 Å². The smallest absolute Gasteiger partial charge is 0.0674 e. The summed E-state index contributed by atoms with van der Waals surface area (Å²) in [6.45, 7) is 4.26. The highest BCUT2D eigenvalue weighted by Gasteiger charge is 2.25. The van der Waals surface area contributed by atoms with Crippen molar-refractivity contribution in [1.29, 1.82) is 0 Å². The Morgan fingerprint density at radius 2 is 2.11 bits per heavy atom. The van der Waals surface area contributed by atoms with Crippen molar-refractivity contribution in [2.24, 2.45) is 7.05 Å². The average Bonchev–Trinajstić information content (AvgIpc) is 2.92. The zero-order chi connectivity index (χ0) is 13.6. The van der Waals surface area contributed by atoms with E-state index in [0.717, 1.165) is 12.1 Å². The van der Waals surface area contributed by atoms with E-state index in [2.05, 4.69) is 42.5 Å². The van der Waals surface area contributed by atoms with Crippen molar-refractivity contribution in [2.45, 2.75) is 32.7 Å². The molecule has 3 heteroatoms. The van der Waals surface area contributed by atoms with Crippen molar-refractivity contribution < 1.29 is 0 Å². The van der Waals surface area contributed by atoms with Gasteiger partial charge in [0.15, 0.2) is 0 Å². The highest BCUT2D eigenvalue weighted by molar-refractivity contribution is 5.73. The molecule has 1 aromatic carbocycles. The molecule has 0 spiro atoms. The normalized spacial score (nSPS) is 17.8. The average molecular weight is 255 g/mol. The molecule has 0 amide bonds. The van der Waals surface area contributed by atoms with Crippen LogP contribution in [0.4, 0.5) is 0 Å². The zero-order valence-electron chi connectivity index (χ0n) is 12.1. The van der Waals surface area contributed by atoms with Gasteiger partial charge < -0.3 is 5.32 Å². The first-order valence-electron chi connectivity index (χ1n) is 6.93. The molecule has 1 aromatic heterocycles. The van der Waals surface area contributed by atoms with Gasteiger partial charge in [-0.3, -0.25) is 4.68 Å². The van der Waals surface area contributed by atoms with Gasteiger partial charge in [0.25, 0.3) is 0 Å². The Kier molecular flexibility index (Phi) is 2.94. The quantitative estimate of drug-likeness (QED) is 0.894. The van der Waals surface area contributed by atoms with E-state index in [1.165, 1.54) is 34.4 Å². The molecule has 2 aromatic rings. The third-order valence-corrected chi connectivity index (χ3v) is 4.40. The first-order valence-corrected chi connectivity index (χ1v) is 6.93. The van der Waals surface area contributed by atoms with Gasteiger partial charge in [0.1, 0.15) is 0 Å². The number of hydrogen-bond donors (Lipinski definition) is 1. The molecule has 1 aliphatic carbocycles. The minimum atomic E-state index is 0.507. The lowest BCUT2D eigenvalue weighted by atomic mass is 9.95. The van der Waals surface area contributed by atoms with Crippen LogP contribution >= 0.6 is 0 Å². The Morgan fingerprint density at radius 3 is 2.74 bits per heavy atom. The van der Waals surface area contributed by atoms with Gasteiger partial charge in [0.2, 0.25) is 0 Å². The second-order valence-corrected chi connectivity index (χ2v) is 5.42. The lowest BCUT2D eigenvalue weighted by Crippen LogP contribution is -2.12. The van der Waals surface area contributed by atoms with Crippen LogP contribution in [0.2, 0.25) is 0 Å². The molecule has 1 heterocycles. The van der Waals surface area contributed by atoms with Gasteiger partial charge in [-0.15, -0.1) is 0 Å². The van der Waals surface area contributed by atoms with Crippen LogP contribution in [0, 0.1) is 13.8 Å². The number of benzene rings is 1. The number of aryl methyl sites for hydroxylation is 2. The SMILES string of the molecule is CNC1CCc2c(-c3c(C)nn(C)c3C)cccc21. The van der Waals surface area contributed by atoms with E-state index >= 15 is 0 Å². The summed E-state index contributed by atoms with van der Waals surface area (Å²) in [5.74, 6) is 0. The van der Waals surface area contributed by atoms with Crippen molar-refractivity contribution in [3.05, 3.63) is 40.7 Å². The van der Waals surface area contributed by atoms with Gasteiger partial charge in [-0.1, -0.05) is 18.2 Å². The third-order valence-electron chi connectivity index (χ3n) is 4.40. The Labute approximate surface area is 114 Å². The van der Waals surface area contributed by atoms with E-state index in [1.54, 1.807) is 0 Å². The van der Waals surface area contributed by atoms with E-state index in [-0.39, 0.29) is 0 Å². The molecule has 3 nitrogen and oxygen atoms in total. The topological polar surface area (TPSA) is 29.9 Å². The van der Waals surface area contributed by atoms with Crippen molar-refractivity contribution >= 4 is 0 Å². The van der Waals surface area contributed by atoms with E-state index < -0.39 is 0 Å². The van der Waals surface area contributed by atoms with Gasteiger partial charge in [-0.25, -0.2) is 0 Å². The maximum absolute atomic E-state index is 4.55. The maximum Gasteiger partial charge on any atom is 0.0674 e. The predicted molar refractivity (Wildman–Crippen MR) is 78.2 cm³/mol. The highest BCUT2D eigenvalue weighted by atomic mass is 15.3. The number of nitrogens with one attached hydrogen (secondary N) is 1. The van der Waals surface area contributed by atoms with E-state index in [9.17, 15) is 0 Å². The van der Waals surface area contributed by atoms with E-state index in [0.29, 0.717) is 6.04 Å². The lowest BCUT2D eigenvalue weighted by molar-refractivity contribution is 0.590. The van der Waals surface area contributed by atoms with Crippen LogP contribution in [0.5, 0.6) is 0 Å². The standard InChI is InChI=1S/C16H21N3/c1-10-16(11(2)19(4)18-10)14-7-5-6-13-12(14)8-9-15(13)17-3/h5-7,15,17H,8-9H2,1-4H3. The second-order valence-electron chi connectivity index (χ2n) is 5.42. The summed E-state index contributed by atoms with van der Waals surface area (Å²) < 4.78 is 1.98. The van der Waals surface area contributed by atoms with Crippen LogP contribution in [-0.2, 0) is 13.5 Å². The molecule has 0 fully saturated rings. The molecule has 1 atom stereocenters. The van der Waals surface area contributed by atoms with Crippen LogP contribution in [0.3, 0.4) is 0 Å². The van der Waals surface area contributed by atoms with Crippen LogP contribution in [-0.4, -0.2) is 16.8 Å². The van der Waals surface area contributed by atoms with Gasteiger partial charge >= 0.3 is 0 Å². The summed E-state index contributed by atoms with van der Waals surface area (Å²) in [5.41, 5.74) is 8.03. The first-order chi connectivity index (χ1) is 9.13. The molecule has 0 radical (unpaired) electrons. The summed E-state index contributed by atoms with van der Waals surface area (Å²) in [7, 11) is 4.07. The molecule has 1 N–H and O–H groups in total. The monoisotopic (exact) mass is 255 g/mol. The van der Waals surface area contributed by atoms with Crippen molar-refractivity contribution in [3.8, 4) is 11.1 Å². The van der Waals surface area contributed by atoms with Crippen LogP contribution in [0.1, 0.15) is 35.0 Å². The second kappa shape index (κ2) is 4.49. The number of aromatic nitrogens is 2. The fraction of sp³-hybridized carbons (Fsp3) is 0.438. The Morgan fingerprint density at radius 1 is 1.32 bits per heavy atom. The fourth-order valence-electron chi connectivity index (χ4n) is 3.35. The van der Waals surface area contributed by atoms with E-state index in [4.69, 9.17) is 0 Å². The first kappa shape index (κ1) is 12.4. The highest BCUT2D eigenvalue weighted by Crippen LogP contribution is 2.39. The number of hydrogen-bond acceptors (Lipinski definition) is 2. The van der Waals surface area contributed by atoms with Crippen LogP contribution in [0.25, 0.3) is 11.1 Å². The molecule has 0 aliphatic heterocycles. The minimum Gasteiger partial charge on any atom is -0.313 e. The van der Waals surface area contributed by atoms with E-state index in [1.807, 2.05) is 18.8 Å². The summed E-state index contributed by atoms with van der Waals surface area (Å²) in [6.07, 6.45) is 2.35. The maximum atomic E-state index is 4.55.